The maximum absolute atomic E-state index is 13.5. The number of hydroxylamine groups is 1. The van der Waals surface area contributed by atoms with Crippen molar-refractivity contribution in [3.8, 4) is 0 Å². The number of aromatic nitrogens is 3. The van der Waals surface area contributed by atoms with Crippen molar-refractivity contribution < 1.29 is 14.4 Å². The minimum Gasteiger partial charge on any atom is -0.337 e. The molecule has 0 bridgehead atoms. The lowest BCUT2D eigenvalue weighted by Crippen LogP contribution is -2.47. The van der Waals surface area contributed by atoms with Gasteiger partial charge in [-0.15, -0.1) is 5.10 Å². The second-order valence-corrected chi connectivity index (χ2v) is 11.5. The normalized spacial score (nSPS) is 19.6. The number of likely N-dealkylation sites (tertiary alicyclic amines) is 1. The van der Waals surface area contributed by atoms with E-state index in [2.05, 4.69) is 60.8 Å². The molecule has 3 aromatic rings. The molecule has 2 aromatic carbocycles. The van der Waals surface area contributed by atoms with Crippen LogP contribution in [0, 0.1) is 26.2 Å². The fourth-order valence-electron chi connectivity index (χ4n) is 6.38. The molecule has 2 heterocycles. The van der Waals surface area contributed by atoms with Gasteiger partial charge in [0.1, 0.15) is 5.52 Å². The van der Waals surface area contributed by atoms with Crippen LogP contribution in [0.1, 0.15) is 71.6 Å². The van der Waals surface area contributed by atoms with Crippen LogP contribution in [0.3, 0.4) is 0 Å². The number of hydrogen-bond donors (Lipinski definition) is 1. The first-order valence-corrected chi connectivity index (χ1v) is 14.1. The van der Waals surface area contributed by atoms with Crippen LogP contribution >= 0.6 is 0 Å². The molecule has 1 unspecified atom stereocenters. The van der Waals surface area contributed by atoms with Gasteiger partial charge in [0.15, 0.2) is 0 Å². The summed E-state index contributed by atoms with van der Waals surface area (Å²) < 4.78 is 1.89. The van der Waals surface area contributed by atoms with Crippen molar-refractivity contribution >= 4 is 22.8 Å². The zero-order valence-corrected chi connectivity index (χ0v) is 24.4. The van der Waals surface area contributed by atoms with Crippen LogP contribution in [0.25, 0.3) is 11.0 Å². The number of fused-ring (bicyclic) bond motifs is 2. The molecule has 0 saturated carbocycles. The van der Waals surface area contributed by atoms with E-state index in [0.717, 1.165) is 52.7 Å². The van der Waals surface area contributed by atoms with Crippen LogP contribution in [0.4, 0.5) is 0 Å². The predicted octanol–water partition coefficient (Wildman–Crippen LogP) is 5.34. The average molecular weight is 542 g/mol. The Morgan fingerprint density at radius 1 is 1.12 bits per heavy atom. The number of carbonyl (C=O) groups is 2. The molecule has 8 heteroatoms. The molecule has 210 valence electrons. The van der Waals surface area contributed by atoms with Crippen molar-refractivity contribution in [3.63, 3.8) is 0 Å². The highest BCUT2D eigenvalue weighted by molar-refractivity contribution is 5.94. The summed E-state index contributed by atoms with van der Waals surface area (Å²) in [7, 11) is 1.45. The van der Waals surface area contributed by atoms with Crippen LogP contribution < -0.4 is 5.48 Å². The van der Waals surface area contributed by atoms with E-state index in [1.807, 2.05) is 41.6 Å². The third-order valence-electron chi connectivity index (χ3n) is 8.81. The van der Waals surface area contributed by atoms with Gasteiger partial charge in [0.05, 0.1) is 12.6 Å². The number of rotatable bonds is 7. The van der Waals surface area contributed by atoms with Gasteiger partial charge in [-0.25, -0.2) is 10.2 Å². The van der Waals surface area contributed by atoms with E-state index in [1.165, 1.54) is 23.8 Å². The van der Waals surface area contributed by atoms with Gasteiger partial charge in [0, 0.05) is 43.0 Å². The van der Waals surface area contributed by atoms with Gasteiger partial charge in [0.2, 0.25) is 5.91 Å². The number of hydrogen-bond acceptors (Lipinski definition) is 5. The number of allylic oxidation sites excluding steroid dienone is 3. The summed E-state index contributed by atoms with van der Waals surface area (Å²) >= 11 is 0. The minimum atomic E-state index is -0.211. The molecule has 1 aromatic heterocycles. The first-order chi connectivity index (χ1) is 19.1. The van der Waals surface area contributed by atoms with E-state index < -0.39 is 0 Å². The van der Waals surface area contributed by atoms with Gasteiger partial charge in [-0.3, -0.25) is 14.4 Å². The Bertz CT molecular complexity index is 1530. The highest BCUT2D eigenvalue weighted by Gasteiger charge is 2.41. The summed E-state index contributed by atoms with van der Waals surface area (Å²) in [5.74, 6) is -0.261. The van der Waals surface area contributed by atoms with Crippen molar-refractivity contribution in [2.75, 3.05) is 20.2 Å². The van der Waals surface area contributed by atoms with E-state index >= 15 is 0 Å². The minimum absolute atomic E-state index is 0.0795. The topological polar surface area (TPSA) is 89.3 Å². The molecule has 0 spiro atoms. The maximum atomic E-state index is 13.5. The lowest BCUT2D eigenvalue weighted by molar-refractivity contribution is -0.131. The fraction of sp³-hybridized carbons (Fsp3) is 0.438. The first-order valence-electron chi connectivity index (χ1n) is 14.1. The van der Waals surface area contributed by atoms with Crippen LogP contribution in [0.15, 0.2) is 53.6 Å². The summed E-state index contributed by atoms with van der Waals surface area (Å²) in [6, 6.07) is 10.1. The molecule has 2 aliphatic rings. The van der Waals surface area contributed by atoms with E-state index in [9.17, 15) is 9.59 Å². The third kappa shape index (κ3) is 5.08. The summed E-state index contributed by atoms with van der Waals surface area (Å²) in [4.78, 5) is 33.3. The number of benzene rings is 2. The van der Waals surface area contributed by atoms with Gasteiger partial charge in [0.25, 0.3) is 5.91 Å². The van der Waals surface area contributed by atoms with Gasteiger partial charge in [-0.1, -0.05) is 47.6 Å². The lowest BCUT2D eigenvalue weighted by Gasteiger charge is -2.45. The zero-order valence-electron chi connectivity index (χ0n) is 24.4. The number of carbonyl (C=O) groups excluding carboxylic acids is 2. The second kappa shape index (κ2) is 11.0. The second-order valence-electron chi connectivity index (χ2n) is 11.5. The number of nitrogens with zero attached hydrogens (tertiary/aromatic N) is 4. The lowest BCUT2D eigenvalue weighted by atomic mass is 9.67. The van der Waals surface area contributed by atoms with Gasteiger partial charge in [-0.05, 0) is 81.0 Å². The standard InChI is InChI=1S/C32H39N5O3/c1-7-37-28-13-12-26(22(4)30(28)33-35-37)27(17-29(38)34-40-6)24-10-11-25-14-15-36(19-32(25,5)18-24)31(39)23-9-8-20(2)21(3)16-23/h8-13,16,27H,7,14-15,17-19H2,1-6H3,(H,34,38)/t27-,32?/m0/s1. The Labute approximate surface area is 236 Å². The molecule has 1 aliphatic heterocycles. The maximum Gasteiger partial charge on any atom is 0.253 e. The quantitative estimate of drug-likeness (QED) is 0.408. The molecule has 2 amide bonds. The molecule has 0 radical (unpaired) electrons. The molecule has 40 heavy (non-hydrogen) atoms. The Hall–Kier alpha value is -3.78. The summed E-state index contributed by atoms with van der Waals surface area (Å²) in [6.45, 7) is 12.6. The number of nitrogens with one attached hydrogen (secondary N) is 1. The summed E-state index contributed by atoms with van der Waals surface area (Å²) in [5, 5.41) is 8.76. The molecular weight excluding hydrogens is 502 g/mol. The number of aryl methyl sites for hydroxylation is 4. The number of piperidine rings is 1. The molecule has 8 nitrogen and oxygen atoms in total. The highest BCUT2D eigenvalue weighted by atomic mass is 16.6. The molecule has 1 fully saturated rings. The SMILES string of the molecule is CCn1nnc2c(C)c([C@@H](CC(=O)NOC)C3=CC=C4CCN(C(=O)c5ccc(C)c(C)c5)CC4(C)C3)ccc21. The van der Waals surface area contributed by atoms with Crippen LogP contribution in [-0.2, 0) is 16.2 Å². The predicted molar refractivity (Wildman–Crippen MR) is 156 cm³/mol. The molecular formula is C32H39N5O3. The highest BCUT2D eigenvalue weighted by Crippen LogP contribution is 2.47. The van der Waals surface area contributed by atoms with Crippen LogP contribution in [0.5, 0.6) is 0 Å². The Kier molecular flexibility index (Phi) is 7.64. The zero-order chi connectivity index (χ0) is 28.6. The van der Waals surface area contributed by atoms with Crippen molar-refractivity contribution in [1.82, 2.24) is 25.4 Å². The summed E-state index contributed by atoms with van der Waals surface area (Å²) in [5.41, 5.74) is 11.8. The van der Waals surface area contributed by atoms with Crippen molar-refractivity contribution in [3.05, 3.63) is 81.4 Å². The van der Waals surface area contributed by atoms with Crippen LogP contribution in [0.2, 0.25) is 0 Å². The summed E-state index contributed by atoms with van der Waals surface area (Å²) in [6.07, 6.45) is 6.27. The van der Waals surface area contributed by atoms with E-state index in [-0.39, 0.29) is 29.6 Å². The van der Waals surface area contributed by atoms with Gasteiger partial charge >= 0.3 is 0 Å². The fourth-order valence-corrected chi connectivity index (χ4v) is 6.38. The van der Waals surface area contributed by atoms with Gasteiger partial charge in [-0.2, -0.15) is 0 Å². The van der Waals surface area contributed by atoms with E-state index in [4.69, 9.17) is 4.84 Å². The monoisotopic (exact) mass is 541 g/mol. The van der Waals surface area contributed by atoms with Crippen LogP contribution in [-0.4, -0.2) is 51.9 Å². The Balaban J connectivity index is 1.46. The van der Waals surface area contributed by atoms with E-state index in [1.54, 1.807) is 0 Å². The smallest absolute Gasteiger partial charge is 0.253 e. The molecule has 1 saturated heterocycles. The van der Waals surface area contributed by atoms with E-state index in [0.29, 0.717) is 13.1 Å². The molecule has 5 rings (SSSR count). The largest absolute Gasteiger partial charge is 0.337 e. The van der Waals surface area contributed by atoms with Gasteiger partial charge < -0.3 is 4.90 Å². The first kappa shape index (κ1) is 27.8. The third-order valence-corrected chi connectivity index (χ3v) is 8.81. The number of amides is 2. The Morgan fingerprint density at radius 3 is 2.65 bits per heavy atom. The molecule has 1 N–H and O–H groups in total. The van der Waals surface area contributed by atoms with Crippen molar-refractivity contribution in [2.24, 2.45) is 5.41 Å². The Morgan fingerprint density at radius 2 is 1.93 bits per heavy atom. The average Bonchev–Trinajstić information content (AvgIpc) is 3.36. The molecule has 2 atom stereocenters. The molecule has 1 aliphatic carbocycles. The van der Waals surface area contributed by atoms with Crippen molar-refractivity contribution in [2.45, 2.75) is 66.3 Å². The van der Waals surface area contributed by atoms with Crippen molar-refractivity contribution in [1.29, 1.82) is 0 Å².